The molecule has 2 rings (SSSR count). The van der Waals surface area contributed by atoms with Crippen LogP contribution in [-0.2, 0) is 6.54 Å². The number of hydrogen-bond acceptors (Lipinski definition) is 0. The van der Waals surface area contributed by atoms with Gasteiger partial charge in [-0.05, 0) is 17.7 Å². The van der Waals surface area contributed by atoms with Gasteiger partial charge in [0.1, 0.15) is 6.54 Å². The first kappa shape index (κ1) is 12.9. The van der Waals surface area contributed by atoms with E-state index in [0.29, 0.717) is 0 Å². The molecule has 2 heteroatoms. The zero-order chi connectivity index (χ0) is 12.6. The lowest BCUT2D eigenvalue weighted by Crippen LogP contribution is -2.82. The summed E-state index contributed by atoms with van der Waals surface area (Å²) in [5.74, 6) is 0. The van der Waals surface area contributed by atoms with Crippen LogP contribution in [0.15, 0.2) is 60.7 Å². The Morgan fingerprint density at radius 1 is 0.944 bits per heavy atom. The molecule has 0 saturated heterocycles. The molecular weight excluding hydrogens is 242 g/mol. The van der Waals surface area contributed by atoms with Crippen molar-refractivity contribution < 1.29 is 5.32 Å². The summed E-state index contributed by atoms with van der Waals surface area (Å²) in [5, 5.41) is 3.08. The molecule has 92 valence electrons. The molecule has 0 saturated carbocycles. The molecule has 0 amide bonds. The highest BCUT2D eigenvalue weighted by molar-refractivity contribution is 6.31. The molecule has 0 aliphatic rings. The van der Waals surface area contributed by atoms with Crippen LogP contribution >= 0.6 is 11.6 Å². The van der Waals surface area contributed by atoms with Crippen LogP contribution in [0.25, 0.3) is 6.08 Å². The van der Waals surface area contributed by atoms with E-state index >= 15 is 0 Å². The summed E-state index contributed by atoms with van der Waals surface area (Å²) in [6.07, 6.45) is 4.31. The molecule has 2 N–H and O–H groups in total. The minimum atomic E-state index is 0.848. The normalized spacial score (nSPS) is 10.9. The average molecular weight is 259 g/mol. The summed E-state index contributed by atoms with van der Waals surface area (Å²) in [7, 11) is 0. The number of hydrogen-bond donors (Lipinski definition) is 1. The van der Waals surface area contributed by atoms with Crippen molar-refractivity contribution in [1.29, 1.82) is 0 Å². The van der Waals surface area contributed by atoms with Crippen LogP contribution < -0.4 is 5.32 Å². The number of nitrogens with two attached hydrogens (primary N) is 1. The van der Waals surface area contributed by atoms with Crippen LogP contribution in [-0.4, -0.2) is 6.54 Å². The summed E-state index contributed by atoms with van der Waals surface area (Å²) in [6, 6.07) is 18.3. The number of benzene rings is 2. The van der Waals surface area contributed by atoms with Crippen molar-refractivity contribution in [1.82, 2.24) is 0 Å². The van der Waals surface area contributed by atoms with Gasteiger partial charge < -0.3 is 5.32 Å². The number of quaternary nitrogens is 1. The van der Waals surface area contributed by atoms with Gasteiger partial charge in [0.25, 0.3) is 0 Å². The van der Waals surface area contributed by atoms with E-state index in [1.54, 1.807) is 0 Å². The first-order valence-electron chi connectivity index (χ1n) is 6.13. The molecule has 0 radical (unpaired) electrons. The molecule has 0 aromatic heterocycles. The molecule has 0 unspecified atom stereocenters. The van der Waals surface area contributed by atoms with Gasteiger partial charge >= 0.3 is 0 Å². The van der Waals surface area contributed by atoms with Crippen LogP contribution in [0.2, 0.25) is 5.02 Å². The Balaban J connectivity index is 1.77. The van der Waals surface area contributed by atoms with E-state index < -0.39 is 0 Å². The third kappa shape index (κ3) is 4.02. The topological polar surface area (TPSA) is 16.6 Å². The molecule has 0 spiro atoms. The van der Waals surface area contributed by atoms with E-state index in [9.17, 15) is 0 Å². The molecule has 0 fully saturated rings. The lowest BCUT2D eigenvalue weighted by Gasteiger charge is -2.01. The van der Waals surface area contributed by atoms with Crippen molar-refractivity contribution in [3.05, 3.63) is 76.8 Å². The third-order valence-corrected chi connectivity index (χ3v) is 3.10. The molecule has 0 aliphatic carbocycles. The Labute approximate surface area is 113 Å². The van der Waals surface area contributed by atoms with E-state index in [1.807, 2.05) is 36.4 Å². The quantitative estimate of drug-likeness (QED) is 0.794. The SMILES string of the molecule is Clc1ccccc1C[NH2+]C/C=C/c1ccccc1. The summed E-state index contributed by atoms with van der Waals surface area (Å²) in [6.45, 7) is 1.87. The largest absolute Gasteiger partial charge is 0.339 e. The lowest BCUT2D eigenvalue weighted by molar-refractivity contribution is -0.661. The van der Waals surface area contributed by atoms with E-state index in [4.69, 9.17) is 11.6 Å². The highest BCUT2D eigenvalue weighted by Gasteiger charge is 1.98. The average Bonchev–Trinajstić information content (AvgIpc) is 2.42. The maximum atomic E-state index is 6.09. The Morgan fingerprint density at radius 2 is 1.67 bits per heavy atom. The Kier molecular flexibility index (Phi) is 5.00. The third-order valence-electron chi connectivity index (χ3n) is 2.73. The van der Waals surface area contributed by atoms with Crippen molar-refractivity contribution in [3.63, 3.8) is 0 Å². The Morgan fingerprint density at radius 3 is 2.44 bits per heavy atom. The summed E-state index contributed by atoms with van der Waals surface area (Å²) in [5.41, 5.74) is 2.43. The smallest absolute Gasteiger partial charge is 0.103 e. The van der Waals surface area contributed by atoms with Crippen molar-refractivity contribution in [2.45, 2.75) is 6.54 Å². The summed E-state index contributed by atoms with van der Waals surface area (Å²) < 4.78 is 0. The Bertz CT molecular complexity index is 506. The van der Waals surface area contributed by atoms with Gasteiger partial charge in [-0.1, -0.05) is 66.2 Å². The zero-order valence-electron chi connectivity index (χ0n) is 10.2. The maximum absolute atomic E-state index is 6.09. The molecule has 0 aliphatic heterocycles. The fourth-order valence-corrected chi connectivity index (χ4v) is 1.98. The molecular formula is C16H17ClN+. The van der Waals surface area contributed by atoms with Crippen LogP contribution in [0, 0.1) is 0 Å². The predicted molar refractivity (Wildman–Crippen MR) is 77.4 cm³/mol. The van der Waals surface area contributed by atoms with Gasteiger partial charge in [-0.2, -0.15) is 0 Å². The van der Waals surface area contributed by atoms with Gasteiger partial charge in [-0.15, -0.1) is 0 Å². The van der Waals surface area contributed by atoms with Gasteiger partial charge in [0, 0.05) is 10.6 Å². The van der Waals surface area contributed by atoms with Crippen molar-refractivity contribution in [2.24, 2.45) is 0 Å². The van der Waals surface area contributed by atoms with Crippen LogP contribution in [0.4, 0.5) is 0 Å². The second-order valence-electron chi connectivity index (χ2n) is 4.13. The van der Waals surface area contributed by atoms with Gasteiger partial charge in [0.2, 0.25) is 0 Å². The molecule has 1 nitrogen and oxygen atoms in total. The Hall–Kier alpha value is -1.57. The molecule has 18 heavy (non-hydrogen) atoms. The van der Waals surface area contributed by atoms with Crippen LogP contribution in [0.3, 0.4) is 0 Å². The fraction of sp³-hybridized carbons (Fsp3) is 0.125. The highest BCUT2D eigenvalue weighted by Crippen LogP contribution is 2.12. The molecule has 0 atom stereocenters. The van der Waals surface area contributed by atoms with Gasteiger partial charge in [0.05, 0.1) is 6.54 Å². The van der Waals surface area contributed by atoms with Gasteiger partial charge in [-0.25, -0.2) is 0 Å². The summed E-state index contributed by atoms with van der Waals surface area (Å²) >= 11 is 6.09. The van der Waals surface area contributed by atoms with Gasteiger partial charge in [-0.3, -0.25) is 0 Å². The first-order valence-corrected chi connectivity index (χ1v) is 6.51. The minimum absolute atomic E-state index is 0.848. The van der Waals surface area contributed by atoms with Crippen LogP contribution in [0.5, 0.6) is 0 Å². The van der Waals surface area contributed by atoms with Gasteiger partial charge in [0.15, 0.2) is 0 Å². The molecule has 2 aromatic rings. The number of rotatable bonds is 5. The maximum Gasteiger partial charge on any atom is 0.103 e. The number of halogens is 1. The molecule has 0 bridgehead atoms. The van der Waals surface area contributed by atoms with Crippen LogP contribution in [0.1, 0.15) is 11.1 Å². The summed E-state index contributed by atoms with van der Waals surface area (Å²) in [4.78, 5) is 0. The van der Waals surface area contributed by atoms with E-state index in [-0.39, 0.29) is 0 Å². The standard InChI is InChI=1S/C16H16ClN/c17-16-11-5-4-10-15(16)13-18-12-6-9-14-7-2-1-3-8-14/h1-11,18H,12-13H2/p+1/b9-6+. The second kappa shape index (κ2) is 7.00. The van der Waals surface area contributed by atoms with Crippen molar-refractivity contribution in [2.75, 3.05) is 6.54 Å². The van der Waals surface area contributed by atoms with Crippen molar-refractivity contribution in [3.8, 4) is 0 Å². The van der Waals surface area contributed by atoms with E-state index in [2.05, 4.69) is 35.7 Å². The first-order chi connectivity index (χ1) is 8.86. The second-order valence-corrected chi connectivity index (χ2v) is 4.54. The minimum Gasteiger partial charge on any atom is -0.339 e. The highest BCUT2D eigenvalue weighted by atomic mass is 35.5. The van der Waals surface area contributed by atoms with Crippen molar-refractivity contribution >= 4 is 17.7 Å². The molecule has 2 aromatic carbocycles. The lowest BCUT2D eigenvalue weighted by atomic mass is 10.2. The predicted octanol–water partition coefficient (Wildman–Crippen LogP) is 3.12. The monoisotopic (exact) mass is 258 g/mol. The van der Waals surface area contributed by atoms with E-state index in [1.165, 1.54) is 11.1 Å². The molecule has 0 heterocycles. The van der Waals surface area contributed by atoms with E-state index in [0.717, 1.165) is 18.1 Å². The fourth-order valence-electron chi connectivity index (χ4n) is 1.77. The zero-order valence-corrected chi connectivity index (χ0v) is 11.0.